The van der Waals surface area contributed by atoms with Crippen LogP contribution in [0.15, 0.2) is 60.7 Å². The van der Waals surface area contributed by atoms with Crippen LogP contribution in [0, 0.1) is 5.92 Å². The van der Waals surface area contributed by atoms with Crippen molar-refractivity contribution >= 4 is 11.9 Å². The molecular weight excluding hydrogens is 338 g/mol. The zero-order chi connectivity index (χ0) is 19.7. The van der Waals surface area contributed by atoms with Gasteiger partial charge in [-0.05, 0) is 51.2 Å². The van der Waals surface area contributed by atoms with Crippen LogP contribution in [0.1, 0.15) is 38.3 Å². The van der Waals surface area contributed by atoms with E-state index in [2.05, 4.69) is 17.4 Å². The van der Waals surface area contributed by atoms with E-state index >= 15 is 0 Å². The Hall–Kier alpha value is -2.62. The summed E-state index contributed by atoms with van der Waals surface area (Å²) in [4.78, 5) is 24.6. The van der Waals surface area contributed by atoms with E-state index in [1.807, 2.05) is 69.3 Å². The molecule has 0 fully saturated rings. The average molecular weight is 367 g/mol. The van der Waals surface area contributed by atoms with Crippen molar-refractivity contribution in [2.24, 2.45) is 5.92 Å². The molecule has 4 heteroatoms. The second-order valence-corrected chi connectivity index (χ2v) is 7.72. The van der Waals surface area contributed by atoms with Gasteiger partial charge in [0, 0.05) is 5.92 Å². The highest BCUT2D eigenvalue weighted by Gasteiger charge is 2.21. The lowest BCUT2D eigenvalue weighted by Gasteiger charge is -2.21. The van der Waals surface area contributed by atoms with Gasteiger partial charge in [0.2, 0.25) is 5.91 Å². The second kappa shape index (κ2) is 9.91. The molecule has 0 aliphatic heterocycles. The first-order chi connectivity index (χ1) is 12.8. The topological polar surface area (TPSA) is 55.4 Å². The Labute approximate surface area is 161 Å². The lowest BCUT2D eigenvalue weighted by molar-refractivity contribution is -0.154. The molecule has 27 heavy (non-hydrogen) atoms. The highest BCUT2D eigenvalue weighted by atomic mass is 16.6. The molecule has 0 spiro atoms. The van der Waals surface area contributed by atoms with Crippen molar-refractivity contribution in [1.29, 1.82) is 0 Å². The van der Waals surface area contributed by atoms with Crippen molar-refractivity contribution in [3.63, 3.8) is 0 Å². The van der Waals surface area contributed by atoms with Gasteiger partial charge in [-0.1, -0.05) is 60.7 Å². The van der Waals surface area contributed by atoms with Crippen molar-refractivity contribution in [3.05, 3.63) is 71.8 Å². The number of amides is 1. The molecule has 1 atom stereocenters. The van der Waals surface area contributed by atoms with Gasteiger partial charge >= 0.3 is 5.97 Å². The van der Waals surface area contributed by atoms with Gasteiger partial charge in [-0.15, -0.1) is 0 Å². The Bertz CT molecular complexity index is 720. The number of ether oxygens (including phenoxy) is 1. The minimum atomic E-state index is -0.557. The average Bonchev–Trinajstić information content (AvgIpc) is 2.63. The Morgan fingerprint density at radius 2 is 1.48 bits per heavy atom. The first-order valence-electron chi connectivity index (χ1n) is 9.41. The first kappa shape index (κ1) is 20.7. The maximum atomic E-state index is 12.7. The van der Waals surface area contributed by atoms with Crippen LogP contribution < -0.4 is 5.32 Å². The minimum absolute atomic E-state index is 0.104. The number of esters is 1. The predicted molar refractivity (Wildman–Crippen MR) is 107 cm³/mol. The van der Waals surface area contributed by atoms with E-state index in [4.69, 9.17) is 4.74 Å². The number of carbonyl (C=O) groups is 2. The third kappa shape index (κ3) is 8.07. The molecule has 2 aromatic carbocycles. The summed E-state index contributed by atoms with van der Waals surface area (Å²) >= 11 is 0. The van der Waals surface area contributed by atoms with Gasteiger partial charge in [0.1, 0.15) is 12.1 Å². The summed E-state index contributed by atoms with van der Waals surface area (Å²) in [6.45, 7) is 5.33. The zero-order valence-corrected chi connectivity index (χ0v) is 16.4. The SMILES string of the molecule is CC(C)(C)OC(=O)CNC(=O)C(CCc1ccccc1)Cc1ccccc1. The molecule has 0 aromatic heterocycles. The molecule has 1 amide bonds. The molecule has 0 saturated heterocycles. The van der Waals surface area contributed by atoms with Crippen LogP contribution in [0.4, 0.5) is 0 Å². The number of hydrogen-bond donors (Lipinski definition) is 1. The fourth-order valence-electron chi connectivity index (χ4n) is 2.89. The van der Waals surface area contributed by atoms with Crippen LogP contribution in [0.25, 0.3) is 0 Å². The van der Waals surface area contributed by atoms with Crippen LogP contribution in [0.2, 0.25) is 0 Å². The molecule has 2 rings (SSSR count). The molecule has 144 valence electrons. The zero-order valence-electron chi connectivity index (χ0n) is 16.4. The molecule has 0 heterocycles. The lowest BCUT2D eigenvalue weighted by atomic mass is 9.92. The molecule has 1 N–H and O–H groups in total. The molecule has 0 bridgehead atoms. The maximum Gasteiger partial charge on any atom is 0.325 e. The van der Waals surface area contributed by atoms with Crippen molar-refractivity contribution in [3.8, 4) is 0 Å². The van der Waals surface area contributed by atoms with Crippen LogP contribution in [-0.4, -0.2) is 24.0 Å². The Morgan fingerprint density at radius 1 is 0.926 bits per heavy atom. The number of hydrogen-bond acceptors (Lipinski definition) is 3. The smallest absolute Gasteiger partial charge is 0.325 e. The number of carbonyl (C=O) groups excluding carboxylic acids is 2. The third-order valence-electron chi connectivity index (χ3n) is 4.15. The maximum absolute atomic E-state index is 12.7. The molecular formula is C23H29NO3. The highest BCUT2D eigenvalue weighted by Crippen LogP contribution is 2.16. The van der Waals surface area contributed by atoms with Gasteiger partial charge in [0.05, 0.1) is 0 Å². The normalized spacial score (nSPS) is 12.3. The summed E-state index contributed by atoms with van der Waals surface area (Å²) in [5.74, 6) is -0.729. The predicted octanol–water partition coefficient (Wildman–Crippen LogP) is 3.94. The second-order valence-electron chi connectivity index (χ2n) is 7.72. The van der Waals surface area contributed by atoms with Crippen LogP contribution in [0.3, 0.4) is 0 Å². The standard InChI is InChI=1S/C23H29NO3/c1-23(2,3)27-21(25)17-24-22(26)20(16-19-12-8-5-9-13-19)15-14-18-10-6-4-7-11-18/h4-13,20H,14-17H2,1-3H3,(H,24,26). The van der Waals surface area contributed by atoms with Gasteiger partial charge in [-0.25, -0.2) is 0 Å². The van der Waals surface area contributed by atoms with E-state index < -0.39 is 11.6 Å². The summed E-state index contributed by atoms with van der Waals surface area (Å²) in [6, 6.07) is 20.1. The number of benzene rings is 2. The summed E-state index contributed by atoms with van der Waals surface area (Å²) < 4.78 is 5.26. The van der Waals surface area contributed by atoms with Crippen molar-refractivity contribution < 1.29 is 14.3 Å². The summed E-state index contributed by atoms with van der Waals surface area (Å²) in [6.07, 6.45) is 2.19. The number of rotatable bonds is 8. The number of aryl methyl sites for hydroxylation is 1. The summed E-state index contributed by atoms with van der Waals surface area (Å²) in [5.41, 5.74) is 1.76. The molecule has 0 aliphatic rings. The minimum Gasteiger partial charge on any atom is -0.459 e. The monoisotopic (exact) mass is 367 g/mol. The van der Waals surface area contributed by atoms with Crippen LogP contribution >= 0.6 is 0 Å². The Morgan fingerprint density at radius 3 is 2.04 bits per heavy atom. The van der Waals surface area contributed by atoms with Gasteiger partial charge in [-0.3, -0.25) is 9.59 Å². The number of nitrogens with one attached hydrogen (secondary N) is 1. The van der Waals surface area contributed by atoms with Gasteiger partial charge in [0.25, 0.3) is 0 Å². The quantitative estimate of drug-likeness (QED) is 0.719. The van der Waals surface area contributed by atoms with E-state index in [1.165, 1.54) is 5.56 Å². The van der Waals surface area contributed by atoms with Gasteiger partial charge < -0.3 is 10.1 Å². The summed E-state index contributed by atoms with van der Waals surface area (Å²) in [5, 5.41) is 2.75. The van der Waals surface area contributed by atoms with Crippen molar-refractivity contribution in [2.75, 3.05) is 6.54 Å². The third-order valence-corrected chi connectivity index (χ3v) is 4.15. The highest BCUT2D eigenvalue weighted by molar-refractivity contribution is 5.83. The van der Waals surface area contributed by atoms with E-state index in [0.717, 1.165) is 18.4 Å². The fourth-order valence-corrected chi connectivity index (χ4v) is 2.89. The molecule has 0 aliphatic carbocycles. The summed E-state index contributed by atoms with van der Waals surface area (Å²) in [7, 11) is 0. The van der Waals surface area contributed by atoms with Gasteiger partial charge in [0.15, 0.2) is 0 Å². The van der Waals surface area contributed by atoms with E-state index in [1.54, 1.807) is 0 Å². The Kier molecular flexibility index (Phi) is 7.59. The van der Waals surface area contributed by atoms with E-state index in [0.29, 0.717) is 6.42 Å². The van der Waals surface area contributed by atoms with Crippen LogP contribution in [0.5, 0.6) is 0 Å². The molecule has 4 nitrogen and oxygen atoms in total. The van der Waals surface area contributed by atoms with Crippen molar-refractivity contribution in [1.82, 2.24) is 5.32 Å². The fraction of sp³-hybridized carbons (Fsp3) is 0.391. The molecule has 2 aromatic rings. The first-order valence-corrected chi connectivity index (χ1v) is 9.41. The molecule has 0 saturated carbocycles. The molecule has 0 radical (unpaired) electrons. The van der Waals surface area contributed by atoms with Crippen LogP contribution in [-0.2, 0) is 27.2 Å². The van der Waals surface area contributed by atoms with E-state index in [9.17, 15) is 9.59 Å². The van der Waals surface area contributed by atoms with Crippen molar-refractivity contribution in [2.45, 2.75) is 45.6 Å². The molecule has 1 unspecified atom stereocenters. The van der Waals surface area contributed by atoms with E-state index in [-0.39, 0.29) is 18.4 Å². The largest absolute Gasteiger partial charge is 0.459 e. The Balaban J connectivity index is 1.97. The lowest BCUT2D eigenvalue weighted by Crippen LogP contribution is -2.38. The van der Waals surface area contributed by atoms with Gasteiger partial charge in [-0.2, -0.15) is 0 Å².